The highest BCUT2D eigenvalue weighted by Crippen LogP contribution is 2.35. The third-order valence-electron chi connectivity index (χ3n) is 6.34. The third kappa shape index (κ3) is 5.35. The Morgan fingerprint density at radius 1 is 1.02 bits per heavy atom. The second-order valence-electron chi connectivity index (χ2n) is 9.42. The standard InChI is InChI=1S/C32H30N2O5S/c1-5-38-31(36)27-28(22-12-8-6-9-13-22)33-32-34(29(27)23-14-10-7-11-15-23)30(35)26(40-32)19-21-16-17-24(39-20(2)3)25(18-21)37-4/h6-20,29H,5H2,1-4H3/b26-19-/t29-/m0/s1. The fourth-order valence-corrected chi connectivity index (χ4v) is 5.67. The first-order chi connectivity index (χ1) is 19.4. The molecule has 0 bridgehead atoms. The molecule has 0 unspecified atom stereocenters. The minimum atomic E-state index is -0.704. The zero-order valence-electron chi connectivity index (χ0n) is 22.8. The number of aromatic nitrogens is 1. The summed E-state index contributed by atoms with van der Waals surface area (Å²) in [7, 11) is 1.59. The van der Waals surface area contributed by atoms with Gasteiger partial charge in [0.15, 0.2) is 16.3 Å². The van der Waals surface area contributed by atoms with Gasteiger partial charge < -0.3 is 14.2 Å². The first-order valence-corrected chi connectivity index (χ1v) is 13.9. The monoisotopic (exact) mass is 554 g/mol. The number of benzene rings is 3. The molecule has 0 saturated heterocycles. The van der Waals surface area contributed by atoms with E-state index in [1.165, 1.54) is 11.3 Å². The Hall–Kier alpha value is -4.43. The summed E-state index contributed by atoms with van der Waals surface area (Å²) in [5.74, 6) is 0.707. The molecule has 1 aromatic heterocycles. The summed E-state index contributed by atoms with van der Waals surface area (Å²) in [5.41, 5.74) is 2.93. The highest BCUT2D eigenvalue weighted by molar-refractivity contribution is 7.07. The minimum Gasteiger partial charge on any atom is -0.493 e. The summed E-state index contributed by atoms with van der Waals surface area (Å²) in [6.45, 7) is 5.87. The average molecular weight is 555 g/mol. The number of carbonyl (C=O) groups excluding carboxylic acids is 1. The zero-order valence-corrected chi connectivity index (χ0v) is 23.6. The first kappa shape index (κ1) is 27.1. The Labute approximate surface area is 236 Å². The summed E-state index contributed by atoms with van der Waals surface area (Å²) < 4.78 is 19.0. The lowest BCUT2D eigenvalue weighted by molar-refractivity contribution is -0.138. The molecule has 0 radical (unpaired) electrons. The Bertz CT molecular complexity index is 1740. The molecule has 8 heteroatoms. The molecule has 0 fully saturated rings. The fraction of sp³-hybridized carbons (Fsp3) is 0.219. The van der Waals surface area contributed by atoms with Crippen molar-refractivity contribution in [1.82, 2.24) is 4.57 Å². The number of thiazole rings is 1. The highest BCUT2D eigenvalue weighted by Gasteiger charge is 2.35. The van der Waals surface area contributed by atoms with Crippen LogP contribution in [0.3, 0.4) is 0 Å². The van der Waals surface area contributed by atoms with Gasteiger partial charge in [-0.25, -0.2) is 9.79 Å². The van der Waals surface area contributed by atoms with Crippen molar-refractivity contribution >= 4 is 29.1 Å². The van der Waals surface area contributed by atoms with Crippen LogP contribution in [0.15, 0.2) is 94.2 Å². The molecule has 0 aliphatic carbocycles. The summed E-state index contributed by atoms with van der Waals surface area (Å²) >= 11 is 1.28. The van der Waals surface area contributed by atoms with Gasteiger partial charge in [0.05, 0.1) is 41.7 Å². The van der Waals surface area contributed by atoms with Crippen molar-refractivity contribution in [3.05, 3.63) is 121 Å². The quantitative estimate of drug-likeness (QED) is 0.294. The average Bonchev–Trinajstić information content (AvgIpc) is 3.27. The number of nitrogens with zero attached hydrogens (tertiary/aromatic N) is 2. The molecule has 0 amide bonds. The largest absolute Gasteiger partial charge is 0.493 e. The Balaban J connectivity index is 1.75. The van der Waals surface area contributed by atoms with Crippen LogP contribution in [0.4, 0.5) is 0 Å². The Morgan fingerprint density at radius 3 is 2.38 bits per heavy atom. The van der Waals surface area contributed by atoms with Crippen LogP contribution in [0.25, 0.3) is 11.8 Å². The van der Waals surface area contributed by atoms with Gasteiger partial charge in [-0.3, -0.25) is 9.36 Å². The van der Waals surface area contributed by atoms with E-state index in [-0.39, 0.29) is 18.3 Å². The number of carbonyl (C=O) groups is 1. The molecule has 40 heavy (non-hydrogen) atoms. The van der Waals surface area contributed by atoms with E-state index in [1.807, 2.05) is 98.8 Å². The molecule has 7 nitrogen and oxygen atoms in total. The van der Waals surface area contributed by atoms with Gasteiger partial charge in [0.1, 0.15) is 0 Å². The van der Waals surface area contributed by atoms with Gasteiger partial charge in [-0.2, -0.15) is 0 Å². The summed E-state index contributed by atoms with van der Waals surface area (Å²) in [6.07, 6.45) is 1.80. The number of fused-ring (bicyclic) bond motifs is 1. The molecule has 1 atom stereocenters. The van der Waals surface area contributed by atoms with Gasteiger partial charge in [-0.1, -0.05) is 78.1 Å². The van der Waals surface area contributed by atoms with E-state index in [2.05, 4.69) is 0 Å². The molecule has 0 saturated carbocycles. The van der Waals surface area contributed by atoms with Gasteiger partial charge in [0.25, 0.3) is 5.56 Å². The second-order valence-corrected chi connectivity index (χ2v) is 10.4. The van der Waals surface area contributed by atoms with E-state index in [0.29, 0.717) is 32.1 Å². The van der Waals surface area contributed by atoms with Crippen molar-refractivity contribution in [2.45, 2.75) is 32.9 Å². The van der Waals surface area contributed by atoms with Crippen LogP contribution in [0.5, 0.6) is 11.5 Å². The molecule has 204 valence electrons. The van der Waals surface area contributed by atoms with Gasteiger partial charge in [-0.15, -0.1) is 0 Å². The summed E-state index contributed by atoms with van der Waals surface area (Å²) in [4.78, 5) is 32.8. The van der Waals surface area contributed by atoms with Crippen LogP contribution in [0.1, 0.15) is 43.5 Å². The number of hydrogen-bond acceptors (Lipinski definition) is 7. The normalized spacial score (nSPS) is 15.0. The number of esters is 1. The maximum Gasteiger partial charge on any atom is 0.338 e. The van der Waals surface area contributed by atoms with E-state index in [4.69, 9.17) is 19.2 Å². The predicted molar refractivity (Wildman–Crippen MR) is 156 cm³/mol. The van der Waals surface area contributed by atoms with E-state index in [9.17, 15) is 9.59 Å². The van der Waals surface area contributed by atoms with E-state index in [1.54, 1.807) is 18.6 Å². The zero-order chi connectivity index (χ0) is 28.2. The van der Waals surface area contributed by atoms with Crippen molar-refractivity contribution in [2.75, 3.05) is 13.7 Å². The van der Waals surface area contributed by atoms with Crippen LogP contribution in [-0.4, -0.2) is 30.4 Å². The lowest BCUT2D eigenvalue weighted by Crippen LogP contribution is -2.39. The molecule has 3 aromatic carbocycles. The number of ether oxygens (including phenoxy) is 3. The third-order valence-corrected chi connectivity index (χ3v) is 7.32. The van der Waals surface area contributed by atoms with Gasteiger partial charge in [0, 0.05) is 5.56 Å². The maximum atomic E-state index is 14.0. The van der Waals surface area contributed by atoms with Crippen LogP contribution in [0, 0.1) is 0 Å². The van der Waals surface area contributed by atoms with Crippen molar-refractivity contribution in [1.29, 1.82) is 0 Å². The van der Waals surface area contributed by atoms with Crippen LogP contribution < -0.4 is 24.4 Å². The lowest BCUT2D eigenvalue weighted by atomic mass is 9.93. The molecule has 4 aromatic rings. The van der Waals surface area contributed by atoms with E-state index < -0.39 is 12.0 Å². The number of hydrogen-bond donors (Lipinski definition) is 0. The van der Waals surface area contributed by atoms with E-state index in [0.717, 1.165) is 16.7 Å². The van der Waals surface area contributed by atoms with Crippen LogP contribution >= 0.6 is 11.3 Å². The van der Waals surface area contributed by atoms with Crippen molar-refractivity contribution < 1.29 is 19.0 Å². The molecule has 0 spiro atoms. The SMILES string of the molecule is CCOC(=O)C1=C(c2ccccc2)N=c2s/c(=C\c3ccc(OC(C)C)c(OC)c3)c(=O)n2[C@H]1c1ccccc1. The van der Waals surface area contributed by atoms with Crippen LogP contribution in [-0.2, 0) is 9.53 Å². The predicted octanol–water partition coefficient (Wildman–Crippen LogP) is 4.73. The molecular formula is C32H30N2O5S. The van der Waals surface area contributed by atoms with Crippen molar-refractivity contribution in [2.24, 2.45) is 4.99 Å². The van der Waals surface area contributed by atoms with Gasteiger partial charge in [0.2, 0.25) is 0 Å². The van der Waals surface area contributed by atoms with Gasteiger partial charge >= 0.3 is 5.97 Å². The second kappa shape index (κ2) is 11.8. The summed E-state index contributed by atoms with van der Waals surface area (Å²) in [5, 5.41) is 0. The molecular weight excluding hydrogens is 524 g/mol. The lowest BCUT2D eigenvalue weighted by Gasteiger charge is -2.25. The Morgan fingerprint density at radius 2 is 1.73 bits per heavy atom. The smallest absolute Gasteiger partial charge is 0.338 e. The van der Waals surface area contributed by atoms with Crippen molar-refractivity contribution in [3.63, 3.8) is 0 Å². The molecule has 1 aliphatic heterocycles. The molecule has 1 aliphatic rings. The molecule has 2 heterocycles. The molecule has 5 rings (SSSR count). The Kier molecular flexibility index (Phi) is 7.98. The maximum absolute atomic E-state index is 14.0. The minimum absolute atomic E-state index is 0.00571. The highest BCUT2D eigenvalue weighted by atomic mass is 32.1. The van der Waals surface area contributed by atoms with Crippen molar-refractivity contribution in [3.8, 4) is 11.5 Å². The summed E-state index contributed by atoms with van der Waals surface area (Å²) in [6, 6.07) is 23.9. The van der Waals surface area contributed by atoms with Crippen LogP contribution in [0.2, 0.25) is 0 Å². The number of methoxy groups -OCH3 is 1. The topological polar surface area (TPSA) is 79.1 Å². The number of rotatable bonds is 8. The van der Waals surface area contributed by atoms with E-state index >= 15 is 0 Å². The first-order valence-electron chi connectivity index (χ1n) is 13.1. The molecule has 0 N–H and O–H groups in total. The van der Waals surface area contributed by atoms with Gasteiger partial charge in [-0.05, 0) is 50.1 Å². The fourth-order valence-electron chi connectivity index (χ4n) is 4.67.